The second-order valence-electron chi connectivity index (χ2n) is 7.49. The summed E-state index contributed by atoms with van der Waals surface area (Å²) in [5.41, 5.74) is 14.7. The average Bonchev–Trinajstić information content (AvgIpc) is 2.85. The van der Waals surface area contributed by atoms with E-state index in [1.807, 2.05) is 48.5 Å². The number of pyridine rings is 1. The quantitative estimate of drug-likeness (QED) is 0.362. The first-order valence-electron chi connectivity index (χ1n) is 10.4. The third kappa shape index (κ3) is 3.84. The molecule has 0 aliphatic carbocycles. The fourth-order valence-corrected chi connectivity index (χ4v) is 3.89. The van der Waals surface area contributed by atoms with E-state index in [1.54, 1.807) is 0 Å². The molecule has 0 bridgehead atoms. The SMILES string of the molecule is NC(=C(c1ccccc1)c1ccc(-c2ccccc2)cc1)c1ccc2ccccc2n1. The summed E-state index contributed by atoms with van der Waals surface area (Å²) in [5, 5.41) is 1.10. The number of para-hydroxylation sites is 1. The van der Waals surface area contributed by atoms with Gasteiger partial charge in [0.2, 0.25) is 0 Å². The highest BCUT2D eigenvalue weighted by Gasteiger charge is 2.13. The number of hydrogen-bond acceptors (Lipinski definition) is 2. The van der Waals surface area contributed by atoms with Crippen LogP contribution in [0.1, 0.15) is 16.8 Å². The molecule has 148 valence electrons. The Morgan fingerprint density at radius 3 is 1.84 bits per heavy atom. The van der Waals surface area contributed by atoms with E-state index in [1.165, 1.54) is 11.1 Å². The van der Waals surface area contributed by atoms with Gasteiger partial charge in [-0.05, 0) is 34.4 Å². The van der Waals surface area contributed by atoms with Crippen molar-refractivity contribution in [2.24, 2.45) is 5.73 Å². The molecule has 0 fully saturated rings. The van der Waals surface area contributed by atoms with Crippen LogP contribution in [0.15, 0.2) is 121 Å². The van der Waals surface area contributed by atoms with Gasteiger partial charge in [-0.2, -0.15) is 0 Å². The lowest BCUT2D eigenvalue weighted by molar-refractivity contribution is 1.31. The van der Waals surface area contributed by atoms with Crippen molar-refractivity contribution in [2.45, 2.75) is 0 Å². The lowest BCUT2D eigenvalue weighted by Crippen LogP contribution is -2.05. The van der Waals surface area contributed by atoms with Gasteiger partial charge in [0.05, 0.1) is 16.9 Å². The topological polar surface area (TPSA) is 38.9 Å². The molecule has 5 rings (SSSR count). The Hall–Kier alpha value is -4.17. The molecule has 0 spiro atoms. The summed E-state index contributed by atoms with van der Waals surface area (Å²) in [7, 11) is 0. The summed E-state index contributed by atoms with van der Waals surface area (Å²) >= 11 is 0. The molecule has 0 amide bonds. The van der Waals surface area contributed by atoms with Crippen molar-refractivity contribution >= 4 is 22.2 Å². The lowest BCUT2D eigenvalue weighted by atomic mass is 9.93. The molecule has 0 saturated carbocycles. The van der Waals surface area contributed by atoms with E-state index in [0.29, 0.717) is 5.70 Å². The van der Waals surface area contributed by atoms with Crippen LogP contribution in [0.2, 0.25) is 0 Å². The summed E-state index contributed by atoms with van der Waals surface area (Å²) in [6.45, 7) is 0. The number of rotatable bonds is 4. The van der Waals surface area contributed by atoms with Gasteiger partial charge < -0.3 is 5.73 Å². The Bertz CT molecular complexity index is 1350. The van der Waals surface area contributed by atoms with E-state index in [0.717, 1.165) is 33.3 Å². The molecule has 2 N–H and O–H groups in total. The van der Waals surface area contributed by atoms with Crippen LogP contribution in [0.3, 0.4) is 0 Å². The third-order valence-corrected chi connectivity index (χ3v) is 5.49. The number of fused-ring (bicyclic) bond motifs is 1. The summed E-state index contributed by atoms with van der Waals surface area (Å²) < 4.78 is 0. The molecule has 0 aliphatic rings. The van der Waals surface area contributed by atoms with Gasteiger partial charge in [-0.15, -0.1) is 0 Å². The highest BCUT2D eigenvalue weighted by Crippen LogP contribution is 2.31. The van der Waals surface area contributed by atoms with Crippen LogP contribution in [-0.2, 0) is 0 Å². The number of benzene rings is 4. The fourth-order valence-electron chi connectivity index (χ4n) is 3.89. The second-order valence-corrected chi connectivity index (χ2v) is 7.49. The van der Waals surface area contributed by atoms with Gasteiger partial charge in [0.25, 0.3) is 0 Å². The van der Waals surface area contributed by atoms with Gasteiger partial charge in [-0.1, -0.05) is 109 Å². The van der Waals surface area contributed by atoms with E-state index >= 15 is 0 Å². The van der Waals surface area contributed by atoms with Crippen LogP contribution >= 0.6 is 0 Å². The maximum Gasteiger partial charge on any atom is 0.0873 e. The Kier molecular flexibility index (Phi) is 5.04. The van der Waals surface area contributed by atoms with E-state index in [4.69, 9.17) is 10.7 Å². The molecule has 2 nitrogen and oxygen atoms in total. The third-order valence-electron chi connectivity index (χ3n) is 5.49. The van der Waals surface area contributed by atoms with Crippen LogP contribution < -0.4 is 5.73 Å². The van der Waals surface area contributed by atoms with Crippen molar-refractivity contribution in [1.82, 2.24) is 4.98 Å². The van der Waals surface area contributed by atoms with Gasteiger partial charge in [-0.3, -0.25) is 0 Å². The second kappa shape index (κ2) is 8.29. The minimum absolute atomic E-state index is 0.671. The zero-order valence-electron chi connectivity index (χ0n) is 17.1. The number of hydrogen-bond donors (Lipinski definition) is 1. The van der Waals surface area contributed by atoms with Crippen LogP contribution in [0.25, 0.3) is 33.3 Å². The Labute approximate surface area is 182 Å². The number of nitrogens with two attached hydrogens (primary N) is 1. The molecule has 0 unspecified atom stereocenters. The van der Waals surface area contributed by atoms with Gasteiger partial charge in [0.1, 0.15) is 0 Å². The predicted octanol–water partition coefficient (Wildman–Crippen LogP) is 6.78. The van der Waals surface area contributed by atoms with Crippen molar-refractivity contribution in [3.8, 4) is 11.1 Å². The first-order chi connectivity index (χ1) is 15.3. The molecular formula is C29H22N2. The van der Waals surface area contributed by atoms with Gasteiger partial charge in [0.15, 0.2) is 0 Å². The Morgan fingerprint density at radius 1 is 0.516 bits per heavy atom. The minimum Gasteiger partial charge on any atom is -0.396 e. The monoisotopic (exact) mass is 398 g/mol. The summed E-state index contributed by atoms with van der Waals surface area (Å²) in [6.07, 6.45) is 0. The molecule has 0 radical (unpaired) electrons. The molecular weight excluding hydrogens is 376 g/mol. The molecule has 31 heavy (non-hydrogen) atoms. The van der Waals surface area contributed by atoms with Crippen molar-refractivity contribution in [3.63, 3.8) is 0 Å². The van der Waals surface area contributed by atoms with E-state index in [2.05, 4.69) is 72.8 Å². The number of nitrogens with zero attached hydrogens (tertiary/aromatic N) is 1. The fraction of sp³-hybridized carbons (Fsp3) is 0. The summed E-state index contributed by atoms with van der Waals surface area (Å²) in [5.74, 6) is 0. The maximum absolute atomic E-state index is 6.76. The van der Waals surface area contributed by atoms with Crippen LogP contribution in [0.5, 0.6) is 0 Å². The zero-order valence-corrected chi connectivity index (χ0v) is 17.1. The van der Waals surface area contributed by atoms with Crippen molar-refractivity contribution in [3.05, 3.63) is 138 Å². The highest BCUT2D eigenvalue weighted by molar-refractivity contribution is 5.97. The lowest BCUT2D eigenvalue weighted by Gasteiger charge is -2.14. The summed E-state index contributed by atoms with van der Waals surface area (Å²) in [4.78, 5) is 4.83. The highest BCUT2D eigenvalue weighted by atomic mass is 14.8. The van der Waals surface area contributed by atoms with E-state index in [9.17, 15) is 0 Å². The standard InChI is InChI=1S/C29H22N2/c30-29(27-20-19-23-11-7-8-14-26(23)31-27)28(24-12-5-2-6-13-24)25-17-15-22(16-18-25)21-9-3-1-4-10-21/h1-20H,30H2. The summed E-state index contributed by atoms with van der Waals surface area (Å²) in [6, 6.07) is 41.4. The largest absolute Gasteiger partial charge is 0.396 e. The molecule has 2 heteroatoms. The normalized spacial score (nSPS) is 11.9. The van der Waals surface area contributed by atoms with Crippen molar-refractivity contribution in [1.29, 1.82) is 0 Å². The van der Waals surface area contributed by atoms with Gasteiger partial charge in [-0.25, -0.2) is 4.98 Å². The first kappa shape index (κ1) is 18.8. The van der Waals surface area contributed by atoms with E-state index < -0.39 is 0 Å². The molecule has 0 aliphatic heterocycles. The van der Waals surface area contributed by atoms with Crippen molar-refractivity contribution in [2.75, 3.05) is 0 Å². The van der Waals surface area contributed by atoms with E-state index in [-0.39, 0.29) is 0 Å². The van der Waals surface area contributed by atoms with Crippen LogP contribution in [0.4, 0.5) is 0 Å². The van der Waals surface area contributed by atoms with Crippen LogP contribution in [0, 0.1) is 0 Å². The van der Waals surface area contributed by atoms with Gasteiger partial charge >= 0.3 is 0 Å². The maximum atomic E-state index is 6.76. The average molecular weight is 399 g/mol. The molecule has 1 heterocycles. The number of aromatic nitrogens is 1. The molecule has 0 saturated heterocycles. The minimum atomic E-state index is 0.671. The smallest absolute Gasteiger partial charge is 0.0873 e. The molecule has 0 atom stereocenters. The first-order valence-corrected chi connectivity index (χ1v) is 10.4. The molecule has 4 aromatic carbocycles. The van der Waals surface area contributed by atoms with Crippen LogP contribution in [-0.4, -0.2) is 4.98 Å². The van der Waals surface area contributed by atoms with Crippen molar-refractivity contribution < 1.29 is 0 Å². The molecule has 1 aromatic heterocycles. The predicted molar refractivity (Wildman–Crippen MR) is 130 cm³/mol. The molecule has 5 aromatic rings. The van der Waals surface area contributed by atoms with Gasteiger partial charge in [0, 0.05) is 11.0 Å². The Balaban J connectivity index is 1.65. The Morgan fingerprint density at radius 2 is 1.10 bits per heavy atom. The zero-order chi connectivity index (χ0) is 21.0.